The van der Waals surface area contributed by atoms with Crippen LogP contribution in [0.15, 0.2) is 42.5 Å². The van der Waals surface area contributed by atoms with Crippen LogP contribution >= 0.6 is 11.6 Å². The quantitative estimate of drug-likeness (QED) is 0.925. The molecule has 0 spiro atoms. The molecule has 21 heavy (non-hydrogen) atoms. The molecular formula is C17H20ClN3. The van der Waals surface area contributed by atoms with Crippen molar-refractivity contribution in [2.75, 3.05) is 37.4 Å². The fourth-order valence-corrected chi connectivity index (χ4v) is 2.79. The van der Waals surface area contributed by atoms with Gasteiger partial charge in [0.1, 0.15) is 0 Å². The van der Waals surface area contributed by atoms with Crippen LogP contribution in [0.1, 0.15) is 5.56 Å². The first-order chi connectivity index (χ1) is 10.1. The summed E-state index contributed by atoms with van der Waals surface area (Å²) < 4.78 is 0. The molecule has 0 radical (unpaired) electrons. The van der Waals surface area contributed by atoms with E-state index in [1.165, 1.54) is 11.3 Å². The molecule has 110 valence electrons. The summed E-state index contributed by atoms with van der Waals surface area (Å²) in [5.74, 6) is 0. The van der Waals surface area contributed by atoms with Crippen molar-refractivity contribution in [3.63, 3.8) is 0 Å². The summed E-state index contributed by atoms with van der Waals surface area (Å²) in [7, 11) is 4.21. The number of halogens is 1. The van der Waals surface area contributed by atoms with E-state index in [0.29, 0.717) is 0 Å². The highest BCUT2D eigenvalue weighted by Crippen LogP contribution is 2.36. The molecular weight excluding hydrogens is 282 g/mol. The molecule has 0 atom stereocenters. The lowest BCUT2D eigenvalue weighted by Gasteiger charge is -2.26. The fraction of sp³-hybridized carbons (Fsp3) is 0.294. The first kappa shape index (κ1) is 14.2. The smallest absolute Gasteiger partial charge is 0.0637 e. The minimum Gasteiger partial charge on any atom is -0.364 e. The number of likely N-dealkylation sites (N-methyl/N-ethyl adjacent to an activating group) is 1. The Morgan fingerprint density at radius 3 is 2.76 bits per heavy atom. The SMILES string of the molecule is CN(C)CCN1Cc2ccccc2Nc2cc(Cl)ccc21. The third-order valence-corrected chi connectivity index (χ3v) is 4.00. The second-order valence-electron chi connectivity index (χ2n) is 5.67. The number of benzene rings is 2. The van der Waals surface area contributed by atoms with Crippen LogP contribution in [-0.4, -0.2) is 32.1 Å². The molecule has 1 aliphatic rings. The van der Waals surface area contributed by atoms with E-state index in [1.54, 1.807) is 0 Å². The van der Waals surface area contributed by atoms with E-state index in [1.807, 2.05) is 12.1 Å². The molecule has 0 saturated carbocycles. The molecule has 4 heteroatoms. The van der Waals surface area contributed by atoms with Gasteiger partial charge >= 0.3 is 0 Å². The lowest BCUT2D eigenvalue weighted by molar-refractivity contribution is 0.413. The van der Waals surface area contributed by atoms with E-state index in [-0.39, 0.29) is 0 Å². The monoisotopic (exact) mass is 301 g/mol. The van der Waals surface area contributed by atoms with Gasteiger partial charge in [0.05, 0.1) is 11.4 Å². The van der Waals surface area contributed by atoms with Crippen molar-refractivity contribution in [2.24, 2.45) is 0 Å². The van der Waals surface area contributed by atoms with E-state index in [0.717, 1.165) is 36.0 Å². The molecule has 3 rings (SSSR count). The van der Waals surface area contributed by atoms with Crippen molar-refractivity contribution < 1.29 is 0 Å². The maximum absolute atomic E-state index is 6.17. The Kier molecular flexibility index (Phi) is 4.04. The molecule has 0 fully saturated rings. The molecule has 2 aromatic rings. The molecule has 0 aromatic heterocycles. The second-order valence-corrected chi connectivity index (χ2v) is 6.10. The van der Waals surface area contributed by atoms with Crippen molar-refractivity contribution in [1.29, 1.82) is 0 Å². The summed E-state index contributed by atoms with van der Waals surface area (Å²) >= 11 is 6.17. The van der Waals surface area contributed by atoms with Crippen molar-refractivity contribution in [1.82, 2.24) is 4.90 Å². The van der Waals surface area contributed by atoms with Crippen molar-refractivity contribution in [2.45, 2.75) is 6.54 Å². The van der Waals surface area contributed by atoms with E-state index >= 15 is 0 Å². The average molecular weight is 302 g/mol. The van der Waals surface area contributed by atoms with Crippen LogP contribution < -0.4 is 10.2 Å². The molecule has 0 aliphatic carbocycles. The average Bonchev–Trinajstić information content (AvgIpc) is 2.60. The van der Waals surface area contributed by atoms with Gasteiger partial charge in [-0.15, -0.1) is 0 Å². The summed E-state index contributed by atoms with van der Waals surface area (Å²) in [5, 5.41) is 4.28. The van der Waals surface area contributed by atoms with Crippen molar-refractivity contribution >= 4 is 28.7 Å². The first-order valence-corrected chi connectivity index (χ1v) is 7.55. The number of fused-ring (bicyclic) bond motifs is 2. The van der Waals surface area contributed by atoms with Crippen LogP contribution in [-0.2, 0) is 6.54 Å². The lowest BCUT2D eigenvalue weighted by atomic mass is 10.1. The Hall–Kier alpha value is -1.71. The van der Waals surface area contributed by atoms with Gasteiger partial charge < -0.3 is 15.1 Å². The van der Waals surface area contributed by atoms with Crippen LogP contribution in [0.4, 0.5) is 17.1 Å². The van der Waals surface area contributed by atoms with Crippen LogP contribution in [0.5, 0.6) is 0 Å². The minimum atomic E-state index is 0.758. The maximum atomic E-state index is 6.17. The summed E-state index contributed by atoms with van der Waals surface area (Å²) in [6.07, 6.45) is 0. The van der Waals surface area contributed by atoms with Gasteiger partial charge in [0.15, 0.2) is 0 Å². The Balaban J connectivity index is 2.00. The summed E-state index contributed by atoms with van der Waals surface area (Å²) in [6, 6.07) is 14.5. The van der Waals surface area contributed by atoms with Gasteiger partial charge in [-0.2, -0.15) is 0 Å². The van der Waals surface area contributed by atoms with Gasteiger partial charge in [0, 0.05) is 30.3 Å². The molecule has 1 aliphatic heterocycles. The predicted octanol–water partition coefficient (Wildman–Crippen LogP) is 3.97. The third-order valence-electron chi connectivity index (χ3n) is 3.76. The largest absolute Gasteiger partial charge is 0.364 e. The van der Waals surface area contributed by atoms with Crippen LogP contribution in [0.3, 0.4) is 0 Å². The number of para-hydroxylation sites is 1. The second kappa shape index (κ2) is 5.96. The zero-order chi connectivity index (χ0) is 14.8. The Bertz CT molecular complexity index is 640. The number of nitrogens with one attached hydrogen (secondary N) is 1. The van der Waals surface area contributed by atoms with Gasteiger partial charge in [-0.1, -0.05) is 29.8 Å². The highest BCUT2D eigenvalue weighted by Gasteiger charge is 2.18. The molecule has 0 saturated heterocycles. The zero-order valence-corrected chi connectivity index (χ0v) is 13.2. The van der Waals surface area contributed by atoms with Gasteiger partial charge in [0.2, 0.25) is 0 Å². The van der Waals surface area contributed by atoms with E-state index in [2.05, 4.69) is 59.5 Å². The molecule has 0 bridgehead atoms. The highest BCUT2D eigenvalue weighted by atomic mass is 35.5. The normalized spacial score (nSPS) is 13.4. The number of nitrogens with zero attached hydrogens (tertiary/aromatic N) is 2. The van der Waals surface area contributed by atoms with Gasteiger partial charge in [-0.3, -0.25) is 0 Å². The minimum absolute atomic E-state index is 0.758. The standard InChI is InChI=1S/C17H20ClN3/c1-20(2)9-10-21-12-13-5-3-4-6-15(13)19-16-11-14(18)7-8-17(16)21/h3-8,11,19H,9-10,12H2,1-2H3. The molecule has 0 unspecified atom stereocenters. The molecule has 1 heterocycles. The summed E-state index contributed by atoms with van der Waals surface area (Å²) in [4.78, 5) is 4.62. The Labute approximate surface area is 131 Å². The van der Waals surface area contributed by atoms with Gasteiger partial charge in [-0.05, 0) is 43.9 Å². The van der Waals surface area contributed by atoms with Crippen LogP contribution in [0.2, 0.25) is 5.02 Å². The first-order valence-electron chi connectivity index (χ1n) is 7.17. The zero-order valence-electron chi connectivity index (χ0n) is 12.4. The van der Waals surface area contributed by atoms with Gasteiger partial charge in [-0.25, -0.2) is 0 Å². The lowest BCUT2D eigenvalue weighted by Crippen LogP contribution is -2.31. The Morgan fingerprint density at radius 2 is 1.95 bits per heavy atom. The van der Waals surface area contributed by atoms with Crippen LogP contribution in [0, 0.1) is 0 Å². The van der Waals surface area contributed by atoms with E-state index in [9.17, 15) is 0 Å². The number of hydrogen-bond acceptors (Lipinski definition) is 3. The topological polar surface area (TPSA) is 18.5 Å². The van der Waals surface area contributed by atoms with Crippen molar-refractivity contribution in [3.8, 4) is 0 Å². The highest BCUT2D eigenvalue weighted by molar-refractivity contribution is 6.31. The number of anilines is 3. The summed E-state index contributed by atoms with van der Waals surface area (Å²) in [6.45, 7) is 2.91. The maximum Gasteiger partial charge on any atom is 0.0637 e. The summed E-state index contributed by atoms with van der Waals surface area (Å²) in [5.41, 5.74) is 4.75. The van der Waals surface area contributed by atoms with E-state index in [4.69, 9.17) is 11.6 Å². The molecule has 3 nitrogen and oxygen atoms in total. The number of rotatable bonds is 3. The molecule has 1 N–H and O–H groups in total. The van der Waals surface area contributed by atoms with Gasteiger partial charge in [0.25, 0.3) is 0 Å². The molecule has 2 aromatic carbocycles. The Morgan fingerprint density at radius 1 is 1.14 bits per heavy atom. The number of hydrogen-bond donors (Lipinski definition) is 1. The van der Waals surface area contributed by atoms with Crippen LogP contribution in [0.25, 0.3) is 0 Å². The predicted molar refractivity (Wildman–Crippen MR) is 90.8 cm³/mol. The van der Waals surface area contributed by atoms with E-state index < -0.39 is 0 Å². The molecule has 0 amide bonds. The van der Waals surface area contributed by atoms with Crippen molar-refractivity contribution in [3.05, 3.63) is 53.1 Å². The third kappa shape index (κ3) is 3.14. The fourth-order valence-electron chi connectivity index (χ4n) is 2.62.